The van der Waals surface area contributed by atoms with Crippen molar-refractivity contribution >= 4 is 11.6 Å². The van der Waals surface area contributed by atoms with Gasteiger partial charge in [0.05, 0.1) is 5.02 Å². The average molecular weight is 212 g/mol. The lowest BCUT2D eigenvalue weighted by atomic mass is 10.2. The van der Waals surface area contributed by atoms with E-state index in [0.717, 1.165) is 13.0 Å². The summed E-state index contributed by atoms with van der Waals surface area (Å²) in [5.74, 6) is 5.42. The van der Waals surface area contributed by atoms with Crippen LogP contribution in [0.3, 0.4) is 0 Å². The van der Waals surface area contributed by atoms with Gasteiger partial charge in [-0.3, -0.25) is 0 Å². The fraction of sp³-hybridized carbons (Fsp3) is 0.273. The van der Waals surface area contributed by atoms with E-state index in [2.05, 4.69) is 17.2 Å². The molecule has 0 heterocycles. The summed E-state index contributed by atoms with van der Waals surface area (Å²) in [6.45, 7) is 0.819. The van der Waals surface area contributed by atoms with Crippen LogP contribution in [0.1, 0.15) is 12.0 Å². The third-order valence-electron chi connectivity index (χ3n) is 1.65. The van der Waals surface area contributed by atoms with E-state index >= 15 is 0 Å². The molecule has 0 saturated heterocycles. The van der Waals surface area contributed by atoms with Crippen LogP contribution in [0.5, 0.6) is 0 Å². The summed E-state index contributed by atoms with van der Waals surface area (Å²) in [4.78, 5) is 0. The number of halogens is 2. The van der Waals surface area contributed by atoms with Gasteiger partial charge in [-0.15, -0.1) is 0 Å². The molecule has 14 heavy (non-hydrogen) atoms. The summed E-state index contributed by atoms with van der Waals surface area (Å²) in [5.41, 5.74) is 0.544. The Bertz CT molecular complexity index is 365. The number of hydrogen-bond donors (Lipinski definition) is 1. The fourth-order valence-electron chi connectivity index (χ4n) is 0.939. The molecule has 0 aliphatic carbocycles. The summed E-state index contributed by atoms with van der Waals surface area (Å²) in [6.07, 6.45) is 0.726. The second kappa shape index (κ2) is 5.64. The Morgan fingerprint density at radius 3 is 3.00 bits per heavy atom. The normalized spacial score (nSPS) is 9.36. The lowest BCUT2D eigenvalue weighted by molar-refractivity contribution is 0.627. The van der Waals surface area contributed by atoms with Crippen molar-refractivity contribution in [3.63, 3.8) is 0 Å². The van der Waals surface area contributed by atoms with Crippen LogP contribution in [0.2, 0.25) is 5.02 Å². The van der Waals surface area contributed by atoms with E-state index in [1.165, 1.54) is 18.2 Å². The van der Waals surface area contributed by atoms with Gasteiger partial charge in [0.2, 0.25) is 0 Å². The van der Waals surface area contributed by atoms with E-state index in [4.69, 9.17) is 11.6 Å². The van der Waals surface area contributed by atoms with Gasteiger partial charge < -0.3 is 5.32 Å². The van der Waals surface area contributed by atoms with Crippen molar-refractivity contribution < 1.29 is 4.39 Å². The molecule has 74 valence electrons. The molecule has 0 aliphatic rings. The third-order valence-corrected chi connectivity index (χ3v) is 1.98. The first-order valence-electron chi connectivity index (χ1n) is 4.32. The molecule has 0 atom stereocenters. The second-order valence-electron chi connectivity index (χ2n) is 2.78. The van der Waals surface area contributed by atoms with Crippen molar-refractivity contribution in [2.24, 2.45) is 0 Å². The van der Waals surface area contributed by atoms with Crippen LogP contribution >= 0.6 is 11.6 Å². The molecule has 0 amide bonds. The minimum atomic E-state index is -0.313. The molecule has 1 nitrogen and oxygen atoms in total. The van der Waals surface area contributed by atoms with Crippen molar-refractivity contribution in [2.45, 2.75) is 6.42 Å². The fourth-order valence-corrected chi connectivity index (χ4v) is 1.10. The minimum Gasteiger partial charge on any atom is -0.319 e. The van der Waals surface area contributed by atoms with Gasteiger partial charge in [-0.1, -0.05) is 23.4 Å². The summed E-state index contributed by atoms with van der Waals surface area (Å²) in [7, 11) is 1.86. The maximum Gasteiger partial charge on any atom is 0.124 e. The quantitative estimate of drug-likeness (QED) is 0.585. The standard InChI is InChI=1S/C11H11ClFN/c1-14-7-3-2-4-9-8-10(13)5-6-11(9)12/h5-6,8,14H,3,7H2,1H3. The molecule has 0 aromatic heterocycles. The largest absolute Gasteiger partial charge is 0.319 e. The molecule has 1 N–H and O–H groups in total. The molecule has 1 aromatic carbocycles. The Morgan fingerprint density at radius 2 is 2.29 bits per heavy atom. The molecule has 0 saturated carbocycles. The Morgan fingerprint density at radius 1 is 1.50 bits per heavy atom. The van der Waals surface area contributed by atoms with Gasteiger partial charge in [0.1, 0.15) is 5.82 Å². The van der Waals surface area contributed by atoms with E-state index in [0.29, 0.717) is 10.6 Å². The molecule has 3 heteroatoms. The Kier molecular flexibility index (Phi) is 4.45. The van der Waals surface area contributed by atoms with Crippen LogP contribution in [0, 0.1) is 17.7 Å². The van der Waals surface area contributed by atoms with E-state index < -0.39 is 0 Å². The number of hydrogen-bond acceptors (Lipinski definition) is 1. The Hall–Kier alpha value is -1.04. The summed E-state index contributed by atoms with van der Waals surface area (Å²) < 4.78 is 12.8. The predicted octanol–water partition coefficient (Wildman–Crippen LogP) is 2.44. The molecule has 0 unspecified atom stereocenters. The van der Waals surface area contributed by atoms with Gasteiger partial charge >= 0.3 is 0 Å². The zero-order valence-corrected chi connectivity index (χ0v) is 8.66. The van der Waals surface area contributed by atoms with Gasteiger partial charge in [0.15, 0.2) is 0 Å². The van der Waals surface area contributed by atoms with Gasteiger partial charge in [-0.2, -0.15) is 0 Å². The third kappa shape index (κ3) is 3.37. The molecule has 1 aromatic rings. The van der Waals surface area contributed by atoms with Gasteiger partial charge in [-0.05, 0) is 25.2 Å². The van der Waals surface area contributed by atoms with E-state index in [1.54, 1.807) is 0 Å². The number of benzene rings is 1. The monoisotopic (exact) mass is 211 g/mol. The molecule has 1 rings (SSSR count). The van der Waals surface area contributed by atoms with Crippen molar-refractivity contribution in [3.8, 4) is 11.8 Å². The van der Waals surface area contributed by atoms with E-state index in [1.807, 2.05) is 7.05 Å². The first kappa shape index (κ1) is 11.0. The van der Waals surface area contributed by atoms with E-state index in [-0.39, 0.29) is 5.82 Å². The first-order chi connectivity index (χ1) is 6.74. The zero-order valence-electron chi connectivity index (χ0n) is 7.90. The molecular formula is C11H11ClFN. The highest BCUT2D eigenvalue weighted by atomic mass is 35.5. The van der Waals surface area contributed by atoms with Crippen LogP contribution in [0.4, 0.5) is 4.39 Å². The Labute approximate surface area is 88.3 Å². The number of nitrogens with one attached hydrogen (secondary N) is 1. The topological polar surface area (TPSA) is 12.0 Å². The van der Waals surface area contributed by atoms with Gasteiger partial charge in [-0.25, -0.2) is 4.39 Å². The highest BCUT2D eigenvalue weighted by Gasteiger charge is 1.97. The van der Waals surface area contributed by atoms with Crippen LogP contribution in [-0.2, 0) is 0 Å². The summed E-state index contributed by atoms with van der Waals surface area (Å²) in [5, 5.41) is 3.46. The minimum absolute atomic E-state index is 0.313. The SMILES string of the molecule is CNCCC#Cc1cc(F)ccc1Cl. The zero-order chi connectivity index (χ0) is 10.4. The summed E-state index contributed by atoms with van der Waals surface area (Å²) in [6, 6.07) is 4.18. The second-order valence-corrected chi connectivity index (χ2v) is 3.19. The Balaban J connectivity index is 2.73. The maximum atomic E-state index is 12.8. The molecular weight excluding hydrogens is 201 g/mol. The number of rotatable bonds is 2. The van der Waals surface area contributed by atoms with Crippen molar-refractivity contribution in [2.75, 3.05) is 13.6 Å². The molecule has 0 aliphatic heterocycles. The van der Waals surface area contributed by atoms with Crippen molar-refractivity contribution in [1.29, 1.82) is 0 Å². The molecule has 0 spiro atoms. The van der Waals surface area contributed by atoms with Gasteiger partial charge in [0.25, 0.3) is 0 Å². The molecule has 0 radical (unpaired) electrons. The van der Waals surface area contributed by atoms with Crippen LogP contribution in [0.25, 0.3) is 0 Å². The van der Waals surface area contributed by atoms with Crippen molar-refractivity contribution in [1.82, 2.24) is 5.32 Å². The van der Waals surface area contributed by atoms with Crippen LogP contribution < -0.4 is 5.32 Å². The predicted molar refractivity (Wildman–Crippen MR) is 56.8 cm³/mol. The lowest BCUT2D eigenvalue weighted by Crippen LogP contribution is -2.05. The highest BCUT2D eigenvalue weighted by Crippen LogP contribution is 2.15. The average Bonchev–Trinajstić information content (AvgIpc) is 2.18. The molecule has 0 bridgehead atoms. The van der Waals surface area contributed by atoms with Crippen LogP contribution in [-0.4, -0.2) is 13.6 Å². The summed E-state index contributed by atoms with van der Waals surface area (Å²) >= 11 is 5.82. The molecule has 0 fully saturated rings. The lowest BCUT2D eigenvalue weighted by Gasteiger charge is -1.95. The smallest absolute Gasteiger partial charge is 0.124 e. The van der Waals surface area contributed by atoms with E-state index in [9.17, 15) is 4.39 Å². The first-order valence-corrected chi connectivity index (χ1v) is 4.70. The maximum absolute atomic E-state index is 12.8. The van der Waals surface area contributed by atoms with Gasteiger partial charge in [0, 0.05) is 18.5 Å². The van der Waals surface area contributed by atoms with Crippen LogP contribution in [0.15, 0.2) is 18.2 Å². The highest BCUT2D eigenvalue weighted by molar-refractivity contribution is 6.31. The van der Waals surface area contributed by atoms with Crippen molar-refractivity contribution in [3.05, 3.63) is 34.6 Å².